The van der Waals surface area contributed by atoms with E-state index in [-0.39, 0.29) is 5.75 Å². The molecule has 1 heterocycles. The number of thioether (sulfide) groups is 1. The molecular formula is C15H17F2N3O2S. The Balaban J connectivity index is 1.75. The third-order valence-electron chi connectivity index (χ3n) is 2.92. The number of rotatable bonds is 8. The molecule has 1 aromatic carbocycles. The number of hydrogen-bond donors (Lipinski definition) is 3. The van der Waals surface area contributed by atoms with Gasteiger partial charge in [-0.1, -0.05) is 23.9 Å². The Hall–Kier alpha value is -2.06. The molecule has 0 aliphatic rings. The second kappa shape index (κ2) is 8.54. The molecule has 124 valence electrons. The van der Waals surface area contributed by atoms with Gasteiger partial charge < -0.3 is 20.8 Å². The lowest BCUT2D eigenvalue weighted by molar-refractivity contribution is 0.251. The van der Waals surface area contributed by atoms with Crippen molar-refractivity contribution in [2.45, 2.75) is 24.6 Å². The van der Waals surface area contributed by atoms with Gasteiger partial charge in [-0.05, 0) is 29.8 Å². The van der Waals surface area contributed by atoms with Crippen LogP contribution in [0, 0.1) is 0 Å². The molecule has 2 aromatic rings. The summed E-state index contributed by atoms with van der Waals surface area (Å²) in [6, 6.07) is 10.1. The molecule has 8 heteroatoms. The van der Waals surface area contributed by atoms with Crippen molar-refractivity contribution in [1.29, 1.82) is 0 Å². The number of furan rings is 1. The zero-order chi connectivity index (χ0) is 16.7. The van der Waals surface area contributed by atoms with Gasteiger partial charge in [-0.25, -0.2) is 4.79 Å². The summed E-state index contributed by atoms with van der Waals surface area (Å²) < 4.78 is 29.6. The van der Waals surface area contributed by atoms with Gasteiger partial charge >= 0.3 is 6.03 Å². The van der Waals surface area contributed by atoms with Crippen molar-refractivity contribution in [3.05, 3.63) is 53.5 Å². The molecule has 0 unspecified atom stereocenters. The van der Waals surface area contributed by atoms with Gasteiger partial charge in [0.15, 0.2) is 0 Å². The number of nitrogens with two attached hydrogens (primary N) is 1. The maximum Gasteiger partial charge on any atom is 0.316 e. The highest BCUT2D eigenvalue weighted by Gasteiger charge is 2.07. The summed E-state index contributed by atoms with van der Waals surface area (Å²) in [6.45, 7) is 1.11. The van der Waals surface area contributed by atoms with Crippen LogP contribution in [0.5, 0.6) is 0 Å². The first-order valence-corrected chi connectivity index (χ1v) is 7.91. The van der Waals surface area contributed by atoms with Crippen LogP contribution < -0.4 is 16.4 Å². The van der Waals surface area contributed by atoms with E-state index in [1.54, 1.807) is 24.3 Å². The van der Waals surface area contributed by atoms with Crippen LogP contribution in [0.3, 0.4) is 0 Å². The minimum atomic E-state index is -2.39. The molecule has 1 aromatic heterocycles. The predicted molar refractivity (Wildman–Crippen MR) is 86.2 cm³/mol. The molecule has 0 bridgehead atoms. The van der Waals surface area contributed by atoms with Crippen molar-refractivity contribution >= 4 is 23.5 Å². The summed E-state index contributed by atoms with van der Waals surface area (Å²) in [5.74, 6) is -1.00. The summed E-state index contributed by atoms with van der Waals surface area (Å²) >= 11 is 0.538. The van der Waals surface area contributed by atoms with E-state index >= 15 is 0 Å². The Labute approximate surface area is 136 Å². The summed E-state index contributed by atoms with van der Waals surface area (Å²) in [7, 11) is 0. The van der Waals surface area contributed by atoms with Crippen LogP contribution in [0.2, 0.25) is 0 Å². The highest BCUT2D eigenvalue weighted by Crippen LogP contribution is 2.21. The van der Waals surface area contributed by atoms with Gasteiger partial charge in [0.05, 0.1) is 12.3 Å². The summed E-state index contributed by atoms with van der Waals surface area (Å²) in [5.41, 5.74) is 6.69. The van der Waals surface area contributed by atoms with Gasteiger partial charge in [0.1, 0.15) is 11.5 Å². The van der Waals surface area contributed by atoms with Gasteiger partial charge in [-0.3, -0.25) is 0 Å². The molecule has 2 rings (SSSR count). The lowest BCUT2D eigenvalue weighted by atomic mass is 10.2. The predicted octanol–water partition coefficient (Wildman–Crippen LogP) is 3.52. The quantitative estimate of drug-likeness (QED) is 0.686. The number of anilines is 1. The van der Waals surface area contributed by atoms with E-state index in [1.807, 2.05) is 12.1 Å². The van der Waals surface area contributed by atoms with E-state index in [0.717, 1.165) is 5.56 Å². The van der Waals surface area contributed by atoms with Crippen molar-refractivity contribution < 1.29 is 18.0 Å². The number of amides is 2. The zero-order valence-electron chi connectivity index (χ0n) is 12.2. The smallest absolute Gasteiger partial charge is 0.316 e. The van der Waals surface area contributed by atoms with Gasteiger partial charge in [0.25, 0.3) is 5.76 Å². The molecule has 0 fully saturated rings. The molecule has 0 radical (unpaired) electrons. The fraction of sp³-hybridized carbons (Fsp3) is 0.267. The number of primary amides is 1. The molecule has 23 heavy (non-hydrogen) atoms. The van der Waals surface area contributed by atoms with Crippen LogP contribution in [0.25, 0.3) is 0 Å². The van der Waals surface area contributed by atoms with E-state index in [1.165, 1.54) is 0 Å². The fourth-order valence-corrected chi connectivity index (χ4v) is 2.36. The first-order chi connectivity index (χ1) is 11.0. The maximum atomic E-state index is 12.1. The van der Waals surface area contributed by atoms with Crippen molar-refractivity contribution in [3.8, 4) is 0 Å². The molecule has 0 aliphatic carbocycles. The van der Waals surface area contributed by atoms with E-state index in [9.17, 15) is 13.6 Å². The second-order valence-corrected chi connectivity index (χ2v) is 5.71. The Morgan fingerprint density at radius 1 is 1.13 bits per heavy atom. The Morgan fingerprint density at radius 2 is 1.83 bits per heavy atom. The second-order valence-electron chi connectivity index (χ2n) is 4.73. The number of hydrogen-bond acceptors (Lipinski definition) is 4. The largest absolute Gasteiger partial charge is 0.464 e. The third kappa shape index (κ3) is 6.29. The van der Waals surface area contributed by atoms with Crippen molar-refractivity contribution in [2.24, 2.45) is 5.73 Å². The summed E-state index contributed by atoms with van der Waals surface area (Å²) in [4.78, 5) is 10.7. The van der Waals surface area contributed by atoms with Crippen molar-refractivity contribution in [1.82, 2.24) is 5.32 Å². The first kappa shape index (κ1) is 17.3. The number of alkyl halides is 2. The topological polar surface area (TPSA) is 80.3 Å². The molecule has 4 N–H and O–H groups in total. The van der Waals surface area contributed by atoms with Crippen LogP contribution >= 0.6 is 11.8 Å². The number of carbonyl (C=O) groups is 1. The highest BCUT2D eigenvalue weighted by atomic mass is 32.2. The highest BCUT2D eigenvalue weighted by molar-refractivity contribution is 7.98. The minimum absolute atomic E-state index is 0.159. The van der Waals surface area contributed by atoms with E-state index in [0.29, 0.717) is 42.1 Å². The van der Waals surface area contributed by atoms with Crippen molar-refractivity contribution in [3.63, 3.8) is 0 Å². The molecular weight excluding hydrogens is 324 g/mol. The maximum absolute atomic E-state index is 12.1. The first-order valence-electron chi connectivity index (χ1n) is 6.86. The molecule has 0 atom stereocenters. The molecule has 0 spiro atoms. The summed E-state index contributed by atoms with van der Waals surface area (Å²) in [5, 5.41) is 5.68. The van der Waals surface area contributed by atoms with Gasteiger partial charge in [-0.15, -0.1) is 0 Å². The number of urea groups is 1. The van der Waals surface area contributed by atoms with Crippen LogP contribution in [0.4, 0.5) is 19.3 Å². The van der Waals surface area contributed by atoms with Crippen LogP contribution in [0.1, 0.15) is 17.1 Å². The normalized spacial score (nSPS) is 10.9. The minimum Gasteiger partial charge on any atom is -0.464 e. The van der Waals surface area contributed by atoms with Gasteiger partial charge in [0.2, 0.25) is 0 Å². The number of benzene rings is 1. The number of nitrogens with one attached hydrogen (secondary N) is 2. The average Bonchev–Trinajstić information content (AvgIpc) is 2.94. The van der Waals surface area contributed by atoms with Gasteiger partial charge in [0, 0.05) is 12.2 Å². The van der Waals surface area contributed by atoms with E-state index < -0.39 is 11.8 Å². The monoisotopic (exact) mass is 341 g/mol. The van der Waals surface area contributed by atoms with Crippen molar-refractivity contribution in [2.75, 3.05) is 5.32 Å². The summed E-state index contributed by atoms with van der Waals surface area (Å²) in [6.07, 6.45) is 0. The lowest BCUT2D eigenvalue weighted by Crippen LogP contribution is -2.19. The number of halogens is 2. The Kier molecular flexibility index (Phi) is 6.42. The number of carbonyl (C=O) groups excluding carboxylic acids is 1. The molecule has 5 nitrogen and oxygen atoms in total. The molecule has 2 amide bonds. The molecule has 0 aliphatic heterocycles. The van der Waals surface area contributed by atoms with Crippen LogP contribution in [-0.2, 0) is 18.8 Å². The van der Waals surface area contributed by atoms with Crippen LogP contribution in [0.15, 0.2) is 40.8 Å². The van der Waals surface area contributed by atoms with Gasteiger partial charge in [-0.2, -0.15) is 8.78 Å². The van der Waals surface area contributed by atoms with E-state index in [2.05, 4.69) is 10.6 Å². The fourth-order valence-electron chi connectivity index (χ4n) is 1.92. The van der Waals surface area contributed by atoms with E-state index in [4.69, 9.17) is 10.2 Å². The SMILES string of the molecule is NC(=O)Nc1ccc(CNCc2ccc(CSC(F)F)o2)cc1. The van der Waals surface area contributed by atoms with Crippen LogP contribution in [-0.4, -0.2) is 11.8 Å². The molecule has 0 saturated heterocycles. The average molecular weight is 341 g/mol. The molecule has 0 saturated carbocycles. The zero-order valence-corrected chi connectivity index (χ0v) is 13.0. The third-order valence-corrected chi connectivity index (χ3v) is 3.62. The Bertz CT molecular complexity index is 632. The standard InChI is InChI=1S/C15H17F2N3O2S/c16-14(17)23-9-13-6-5-12(22-13)8-19-7-10-1-3-11(4-2-10)20-15(18)21/h1-6,14,19H,7-9H2,(H3,18,20,21). The lowest BCUT2D eigenvalue weighted by Gasteiger charge is -2.05. The Morgan fingerprint density at radius 3 is 2.48 bits per heavy atom.